The predicted octanol–water partition coefficient (Wildman–Crippen LogP) is 3.36. The summed E-state index contributed by atoms with van der Waals surface area (Å²) in [7, 11) is 3.93. The van der Waals surface area contributed by atoms with Gasteiger partial charge in [0.2, 0.25) is 0 Å². The van der Waals surface area contributed by atoms with Crippen molar-refractivity contribution in [2.24, 2.45) is 5.92 Å². The summed E-state index contributed by atoms with van der Waals surface area (Å²) in [6, 6.07) is 0.748. The van der Waals surface area contributed by atoms with E-state index in [0.29, 0.717) is 0 Å². The van der Waals surface area contributed by atoms with Crippen LogP contribution in [0.1, 0.15) is 58.8 Å². The maximum atomic E-state index is 5.50. The van der Waals surface area contributed by atoms with Crippen molar-refractivity contribution in [3.05, 3.63) is 0 Å². The highest BCUT2D eigenvalue weighted by Gasteiger charge is 2.22. The molecule has 0 aromatic carbocycles. The highest BCUT2D eigenvalue weighted by atomic mass is 16.5. The van der Waals surface area contributed by atoms with Gasteiger partial charge in [0.05, 0.1) is 5.60 Å². The predicted molar refractivity (Wildman–Crippen MR) is 69.7 cm³/mol. The molecule has 0 aliphatic heterocycles. The third-order valence-corrected chi connectivity index (χ3v) is 4.15. The van der Waals surface area contributed by atoms with Crippen molar-refractivity contribution in [1.82, 2.24) is 5.32 Å². The number of hydrogen-bond acceptors (Lipinski definition) is 2. The van der Waals surface area contributed by atoms with Gasteiger partial charge in [0.25, 0.3) is 0 Å². The van der Waals surface area contributed by atoms with E-state index in [9.17, 15) is 0 Å². The molecule has 96 valence electrons. The second-order valence-corrected chi connectivity index (χ2v) is 5.87. The fraction of sp³-hybridized carbons (Fsp3) is 1.00. The van der Waals surface area contributed by atoms with Crippen molar-refractivity contribution in [2.75, 3.05) is 14.2 Å². The highest BCUT2D eigenvalue weighted by Crippen LogP contribution is 2.29. The molecule has 1 aliphatic carbocycles. The number of methoxy groups -OCH3 is 1. The molecule has 1 N–H and O–H groups in total. The molecule has 1 aliphatic rings. The molecule has 0 heterocycles. The summed E-state index contributed by atoms with van der Waals surface area (Å²) >= 11 is 0. The maximum absolute atomic E-state index is 5.50. The summed E-state index contributed by atoms with van der Waals surface area (Å²) in [6.45, 7) is 4.39. The van der Waals surface area contributed by atoms with Gasteiger partial charge >= 0.3 is 0 Å². The van der Waals surface area contributed by atoms with Crippen LogP contribution in [0.5, 0.6) is 0 Å². The van der Waals surface area contributed by atoms with Crippen molar-refractivity contribution in [3.63, 3.8) is 0 Å². The van der Waals surface area contributed by atoms with Gasteiger partial charge in [0.1, 0.15) is 0 Å². The van der Waals surface area contributed by atoms with Crippen molar-refractivity contribution in [2.45, 2.75) is 70.4 Å². The van der Waals surface area contributed by atoms with Gasteiger partial charge < -0.3 is 10.1 Å². The lowest BCUT2D eigenvalue weighted by molar-refractivity contribution is 0.00964. The third-order valence-electron chi connectivity index (χ3n) is 4.15. The quantitative estimate of drug-likeness (QED) is 0.727. The second-order valence-electron chi connectivity index (χ2n) is 5.87. The molecule has 0 aromatic rings. The molecule has 0 aromatic heterocycles. The van der Waals surface area contributed by atoms with Crippen LogP contribution in [0.2, 0.25) is 0 Å². The van der Waals surface area contributed by atoms with Crippen molar-refractivity contribution in [3.8, 4) is 0 Å². The van der Waals surface area contributed by atoms with Crippen LogP contribution in [0.15, 0.2) is 0 Å². The minimum absolute atomic E-state index is 0.0570. The average Bonchev–Trinajstić information content (AvgIpc) is 2.51. The number of ether oxygens (including phenoxy) is 1. The van der Waals surface area contributed by atoms with E-state index in [1.165, 1.54) is 44.9 Å². The molecule has 0 amide bonds. The first-order valence-electron chi connectivity index (χ1n) is 6.80. The Morgan fingerprint density at radius 1 is 1.25 bits per heavy atom. The van der Waals surface area contributed by atoms with Crippen LogP contribution in [0.3, 0.4) is 0 Å². The zero-order chi connectivity index (χ0) is 12.0. The van der Waals surface area contributed by atoms with E-state index in [4.69, 9.17) is 4.74 Å². The van der Waals surface area contributed by atoms with Crippen molar-refractivity contribution < 1.29 is 4.74 Å². The molecular formula is C14H29NO. The van der Waals surface area contributed by atoms with Crippen LogP contribution in [0.25, 0.3) is 0 Å². The molecule has 1 saturated carbocycles. The van der Waals surface area contributed by atoms with Gasteiger partial charge in [0, 0.05) is 13.2 Å². The summed E-state index contributed by atoms with van der Waals surface area (Å²) in [5.74, 6) is 0.898. The van der Waals surface area contributed by atoms with Gasteiger partial charge in [-0.3, -0.25) is 0 Å². The molecule has 2 unspecified atom stereocenters. The molecule has 0 bridgehead atoms. The first-order chi connectivity index (χ1) is 7.57. The van der Waals surface area contributed by atoms with Gasteiger partial charge in [0.15, 0.2) is 0 Å². The Bertz CT molecular complexity index is 191. The van der Waals surface area contributed by atoms with Crippen LogP contribution < -0.4 is 5.32 Å². The zero-order valence-electron chi connectivity index (χ0n) is 11.5. The van der Waals surface area contributed by atoms with Crippen LogP contribution >= 0.6 is 0 Å². The SMILES string of the molecule is CNC1CCCCC(CCC(C)(C)OC)C1. The molecule has 16 heavy (non-hydrogen) atoms. The Labute approximate surface area is 101 Å². The van der Waals surface area contributed by atoms with Crippen molar-refractivity contribution in [1.29, 1.82) is 0 Å². The number of rotatable bonds is 5. The summed E-state index contributed by atoms with van der Waals surface area (Å²) in [4.78, 5) is 0. The second kappa shape index (κ2) is 6.61. The van der Waals surface area contributed by atoms with E-state index in [1.54, 1.807) is 0 Å². The molecule has 0 saturated heterocycles. The number of hydrogen-bond donors (Lipinski definition) is 1. The smallest absolute Gasteiger partial charge is 0.0622 e. The van der Waals surface area contributed by atoms with E-state index < -0.39 is 0 Å². The summed E-state index contributed by atoms with van der Waals surface area (Å²) in [5.41, 5.74) is 0.0570. The van der Waals surface area contributed by atoms with Crippen LogP contribution in [-0.2, 0) is 4.74 Å². The monoisotopic (exact) mass is 227 g/mol. The molecule has 2 atom stereocenters. The minimum Gasteiger partial charge on any atom is -0.379 e. The van der Waals surface area contributed by atoms with Crippen molar-refractivity contribution >= 4 is 0 Å². The average molecular weight is 227 g/mol. The Morgan fingerprint density at radius 3 is 2.56 bits per heavy atom. The lowest BCUT2D eigenvalue weighted by atomic mass is 9.89. The summed E-state index contributed by atoms with van der Waals surface area (Å²) in [6.07, 6.45) is 9.45. The van der Waals surface area contributed by atoms with E-state index in [0.717, 1.165) is 12.0 Å². The van der Waals surface area contributed by atoms with Crippen LogP contribution in [-0.4, -0.2) is 25.8 Å². The minimum atomic E-state index is 0.0570. The summed E-state index contributed by atoms with van der Waals surface area (Å²) < 4.78 is 5.50. The lowest BCUT2D eigenvalue weighted by Crippen LogP contribution is -2.28. The molecule has 2 nitrogen and oxygen atoms in total. The van der Waals surface area contributed by atoms with Crippen LogP contribution in [0, 0.1) is 5.92 Å². The highest BCUT2D eigenvalue weighted by molar-refractivity contribution is 4.77. The Hall–Kier alpha value is -0.0800. The van der Waals surface area contributed by atoms with E-state index in [-0.39, 0.29) is 5.60 Å². The molecule has 0 spiro atoms. The third kappa shape index (κ3) is 4.84. The molecule has 1 fully saturated rings. The molecule has 0 radical (unpaired) electrons. The largest absolute Gasteiger partial charge is 0.379 e. The lowest BCUT2D eigenvalue weighted by Gasteiger charge is -2.26. The van der Waals surface area contributed by atoms with Gasteiger partial charge in [-0.15, -0.1) is 0 Å². The molecule has 2 heteroatoms. The van der Waals surface area contributed by atoms with Gasteiger partial charge in [-0.05, 0) is 52.5 Å². The van der Waals surface area contributed by atoms with Gasteiger partial charge in [-0.2, -0.15) is 0 Å². The standard InChI is InChI=1S/C14H29NO/c1-14(2,16-4)10-9-12-7-5-6-8-13(11-12)15-3/h12-13,15H,5-11H2,1-4H3. The van der Waals surface area contributed by atoms with E-state index in [2.05, 4.69) is 26.2 Å². The maximum Gasteiger partial charge on any atom is 0.0622 e. The zero-order valence-corrected chi connectivity index (χ0v) is 11.5. The molecular weight excluding hydrogens is 198 g/mol. The van der Waals surface area contributed by atoms with E-state index >= 15 is 0 Å². The Kier molecular flexibility index (Phi) is 5.77. The topological polar surface area (TPSA) is 21.3 Å². The molecule has 1 rings (SSSR count). The van der Waals surface area contributed by atoms with Gasteiger partial charge in [-0.1, -0.05) is 19.3 Å². The van der Waals surface area contributed by atoms with Gasteiger partial charge in [-0.25, -0.2) is 0 Å². The Balaban J connectivity index is 2.34. The number of nitrogens with one attached hydrogen (secondary N) is 1. The van der Waals surface area contributed by atoms with Crippen LogP contribution in [0.4, 0.5) is 0 Å². The Morgan fingerprint density at radius 2 is 1.94 bits per heavy atom. The first kappa shape index (κ1) is 14.0. The first-order valence-corrected chi connectivity index (χ1v) is 6.80. The fourth-order valence-corrected chi connectivity index (χ4v) is 2.64. The van der Waals surface area contributed by atoms with E-state index in [1.807, 2.05) is 7.11 Å². The normalized spacial score (nSPS) is 27.8. The fourth-order valence-electron chi connectivity index (χ4n) is 2.64. The summed E-state index contributed by atoms with van der Waals surface area (Å²) in [5, 5.41) is 3.45.